The smallest absolute Gasteiger partial charge is 0.306 e. The number of thioether (sulfide) groups is 1. The number of hydrogen-bond acceptors (Lipinski definition) is 3. The quantitative estimate of drug-likeness (QED) is 0.804. The molecule has 3 nitrogen and oxygen atoms in total. The Morgan fingerprint density at radius 3 is 2.75 bits per heavy atom. The summed E-state index contributed by atoms with van der Waals surface area (Å²) in [7, 11) is 1.62. The predicted octanol–water partition coefficient (Wildman–Crippen LogP) is 2.68. The summed E-state index contributed by atoms with van der Waals surface area (Å²) in [5, 5.41) is 8.84. The Morgan fingerprint density at radius 1 is 1.56 bits per heavy atom. The summed E-state index contributed by atoms with van der Waals surface area (Å²) < 4.78 is 5.25. The molecule has 4 heteroatoms. The van der Waals surface area contributed by atoms with Crippen molar-refractivity contribution in [2.75, 3.05) is 13.4 Å². The van der Waals surface area contributed by atoms with Gasteiger partial charge in [0.1, 0.15) is 5.75 Å². The highest BCUT2D eigenvalue weighted by molar-refractivity contribution is 7.98. The molecule has 0 amide bonds. The van der Waals surface area contributed by atoms with E-state index in [0.717, 1.165) is 16.2 Å². The van der Waals surface area contributed by atoms with Crippen LogP contribution in [0.25, 0.3) is 0 Å². The topological polar surface area (TPSA) is 46.5 Å². The summed E-state index contributed by atoms with van der Waals surface area (Å²) in [6.07, 6.45) is 2.51. The zero-order chi connectivity index (χ0) is 12.1. The number of aliphatic carboxylic acids is 1. The Bertz CT molecular complexity index is 377. The molecule has 1 atom stereocenters. The van der Waals surface area contributed by atoms with E-state index in [2.05, 4.69) is 0 Å². The van der Waals surface area contributed by atoms with Gasteiger partial charge in [-0.25, -0.2) is 0 Å². The first-order valence-corrected chi connectivity index (χ1v) is 6.24. The van der Waals surface area contributed by atoms with Crippen molar-refractivity contribution in [1.82, 2.24) is 0 Å². The molecule has 0 aromatic heterocycles. The van der Waals surface area contributed by atoms with E-state index in [4.69, 9.17) is 9.84 Å². The third-order valence-corrected chi connectivity index (χ3v) is 3.19. The lowest BCUT2D eigenvalue weighted by Gasteiger charge is -2.10. The van der Waals surface area contributed by atoms with Crippen LogP contribution in [0, 0.1) is 5.92 Å². The Balaban J connectivity index is 2.86. The molecule has 88 valence electrons. The number of carboxylic acid groups (broad SMARTS) is 1. The number of rotatable bonds is 5. The van der Waals surface area contributed by atoms with Gasteiger partial charge in [0.2, 0.25) is 0 Å². The molecule has 0 aliphatic heterocycles. The van der Waals surface area contributed by atoms with Gasteiger partial charge in [0, 0.05) is 4.90 Å². The first-order valence-electron chi connectivity index (χ1n) is 5.02. The second kappa shape index (κ2) is 5.80. The van der Waals surface area contributed by atoms with Crippen molar-refractivity contribution < 1.29 is 14.6 Å². The zero-order valence-electron chi connectivity index (χ0n) is 9.69. The zero-order valence-corrected chi connectivity index (χ0v) is 10.5. The van der Waals surface area contributed by atoms with Gasteiger partial charge < -0.3 is 9.84 Å². The molecule has 0 saturated heterocycles. The second-order valence-electron chi connectivity index (χ2n) is 3.63. The molecule has 0 saturated carbocycles. The summed E-state index contributed by atoms with van der Waals surface area (Å²) in [6, 6.07) is 5.83. The fraction of sp³-hybridized carbons (Fsp3) is 0.417. The fourth-order valence-corrected chi connectivity index (χ4v) is 2.00. The average Bonchev–Trinajstić information content (AvgIpc) is 2.28. The van der Waals surface area contributed by atoms with Crippen molar-refractivity contribution in [3.8, 4) is 5.75 Å². The monoisotopic (exact) mass is 240 g/mol. The van der Waals surface area contributed by atoms with Crippen molar-refractivity contribution in [3.63, 3.8) is 0 Å². The normalized spacial score (nSPS) is 12.2. The SMILES string of the molecule is COc1cc(CC(C)C(=O)O)ccc1SC. The molecule has 0 fully saturated rings. The lowest BCUT2D eigenvalue weighted by Crippen LogP contribution is -2.12. The highest BCUT2D eigenvalue weighted by Gasteiger charge is 2.12. The van der Waals surface area contributed by atoms with Gasteiger partial charge in [0.25, 0.3) is 0 Å². The van der Waals surface area contributed by atoms with Crippen LogP contribution >= 0.6 is 11.8 Å². The van der Waals surface area contributed by atoms with Gasteiger partial charge in [0.15, 0.2) is 0 Å². The Hall–Kier alpha value is -1.16. The van der Waals surface area contributed by atoms with Crippen LogP contribution in [0.15, 0.2) is 23.1 Å². The van der Waals surface area contributed by atoms with Gasteiger partial charge in [0.05, 0.1) is 13.0 Å². The number of methoxy groups -OCH3 is 1. The molecular formula is C12H16O3S. The summed E-state index contributed by atoms with van der Waals surface area (Å²) in [5.74, 6) is -0.333. The van der Waals surface area contributed by atoms with Crippen LogP contribution in [0.2, 0.25) is 0 Å². The molecule has 0 heterocycles. The fourth-order valence-electron chi connectivity index (χ4n) is 1.45. The van der Waals surface area contributed by atoms with Crippen LogP contribution in [-0.2, 0) is 11.2 Å². The molecule has 0 aliphatic carbocycles. The van der Waals surface area contributed by atoms with Gasteiger partial charge in [-0.2, -0.15) is 0 Å². The number of carbonyl (C=O) groups is 1. The maximum atomic E-state index is 10.7. The number of hydrogen-bond donors (Lipinski definition) is 1. The molecule has 0 radical (unpaired) electrons. The van der Waals surface area contributed by atoms with Crippen LogP contribution < -0.4 is 4.74 Å². The highest BCUT2D eigenvalue weighted by atomic mass is 32.2. The minimum absolute atomic E-state index is 0.371. The average molecular weight is 240 g/mol. The molecule has 1 aromatic carbocycles. The van der Waals surface area contributed by atoms with Crippen LogP contribution in [0.5, 0.6) is 5.75 Å². The second-order valence-corrected chi connectivity index (χ2v) is 4.48. The molecule has 1 aromatic rings. The number of ether oxygens (including phenoxy) is 1. The van der Waals surface area contributed by atoms with E-state index in [9.17, 15) is 4.79 Å². The van der Waals surface area contributed by atoms with Crippen LogP contribution in [0.4, 0.5) is 0 Å². The standard InChI is InChI=1S/C12H16O3S/c1-8(12(13)14)6-9-4-5-11(16-3)10(7-9)15-2/h4-5,7-8H,6H2,1-3H3,(H,13,14). The summed E-state index contributed by atoms with van der Waals surface area (Å²) in [4.78, 5) is 11.8. The molecule has 16 heavy (non-hydrogen) atoms. The van der Waals surface area contributed by atoms with Gasteiger partial charge >= 0.3 is 5.97 Å². The van der Waals surface area contributed by atoms with E-state index < -0.39 is 5.97 Å². The van der Waals surface area contributed by atoms with E-state index in [-0.39, 0.29) is 5.92 Å². The van der Waals surface area contributed by atoms with Crippen molar-refractivity contribution in [1.29, 1.82) is 0 Å². The summed E-state index contributed by atoms with van der Waals surface area (Å²) in [6.45, 7) is 1.71. The summed E-state index contributed by atoms with van der Waals surface area (Å²) in [5.41, 5.74) is 0.990. The lowest BCUT2D eigenvalue weighted by atomic mass is 10.0. The van der Waals surface area contributed by atoms with Gasteiger partial charge in [-0.3, -0.25) is 4.79 Å². The minimum Gasteiger partial charge on any atom is -0.496 e. The van der Waals surface area contributed by atoms with E-state index in [0.29, 0.717) is 6.42 Å². The van der Waals surface area contributed by atoms with Crippen molar-refractivity contribution >= 4 is 17.7 Å². The first-order chi connectivity index (χ1) is 7.58. The van der Waals surface area contributed by atoms with E-state index >= 15 is 0 Å². The van der Waals surface area contributed by atoms with E-state index in [1.807, 2.05) is 24.5 Å². The van der Waals surface area contributed by atoms with Gasteiger partial charge in [-0.15, -0.1) is 11.8 Å². The van der Waals surface area contributed by atoms with Crippen LogP contribution in [0.3, 0.4) is 0 Å². The highest BCUT2D eigenvalue weighted by Crippen LogP contribution is 2.29. The van der Waals surface area contributed by atoms with E-state index in [1.54, 1.807) is 25.8 Å². The van der Waals surface area contributed by atoms with Crippen molar-refractivity contribution in [2.24, 2.45) is 5.92 Å². The first kappa shape index (κ1) is 12.9. The molecule has 0 bridgehead atoms. The lowest BCUT2D eigenvalue weighted by molar-refractivity contribution is -0.141. The molecule has 1 unspecified atom stereocenters. The van der Waals surface area contributed by atoms with Gasteiger partial charge in [-0.1, -0.05) is 13.0 Å². The van der Waals surface area contributed by atoms with Crippen LogP contribution in [0.1, 0.15) is 12.5 Å². The maximum Gasteiger partial charge on any atom is 0.306 e. The molecular weight excluding hydrogens is 224 g/mol. The third-order valence-electron chi connectivity index (χ3n) is 2.41. The Labute approximate surface area is 99.8 Å². The molecule has 1 N–H and O–H groups in total. The van der Waals surface area contributed by atoms with E-state index in [1.165, 1.54) is 0 Å². The molecule has 0 aliphatic rings. The third kappa shape index (κ3) is 3.17. The predicted molar refractivity (Wildman–Crippen MR) is 65.3 cm³/mol. The minimum atomic E-state index is -0.770. The van der Waals surface area contributed by atoms with Gasteiger partial charge in [-0.05, 0) is 30.4 Å². The number of benzene rings is 1. The summed E-state index contributed by atoms with van der Waals surface area (Å²) >= 11 is 1.61. The Morgan fingerprint density at radius 2 is 2.25 bits per heavy atom. The molecule has 0 spiro atoms. The maximum absolute atomic E-state index is 10.7. The van der Waals surface area contributed by atoms with Crippen molar-refractivity contribution in [3.05, 3.63) is 23.8 Å². The number of carboxylic acids is 1. The van der Waals surface area contributed by atoms with Crippen molar-refractivity contribution in [2.45, 2.75) is 18.2 Å². The molecule has 1 rings (SSSR count). The van der Waals surface area contributed by atoms with Crippen LogP contribution in [-0.4, -0.2) is 24.4 Å². The largest absolute Gasteiger partial charge is 0.496 e. The Kier molecular flexibility index (Phi) is 4.68.